The van der Waals surface area contributed by atoms with Gasteiger partial charge in [-0.05, 0) is 44.7 Å². The molecule has 0 bridgehead atoms. The van der Waals surface area contributed by atoms with Crippen LogP contribution >= 0.6 is 0 Å². The van der Waals surface area contributed by atoms with Crippen LogP contribution in [-0.4, -0.2) is 43.1 Å². The summed E-state index contributed by atoms with van der Waals surface area (Å²) in [7, 11) is 2.19. The summed E-state index contributed by atoms with van der Waals surface area (Å²) in [5.74, 6) is 0. The maximum atomic E-state index is 4.58. The molecular formula is C18H23N3. The Morgan fingerprint density at radius 1 is 0.952 bits per heavy atom. The van der Waals surface area contributed by atoms with Gasteiger partial charge in [0.05, 0.1) is 0 Å². The van der Waals surface area contributed by atoms with Gasteiger partial charge in [0.2, 0.25) is 0 Å². The molecule has 0 saturated carbocycles. The van der Waals surface area contributed by atoms with Crippen LogP contribution in [0.2, 0.25) is 0 Å². The summed E-state index contributed by atoms with van der Waals surface area (Å²) in [5, 5.41) is 0. The molecule has 0 unspecified atom stereocenters. The van der Waals surface area contributed by atoms with E-state index >= 15 is 0 Å². The molecule has 1 fully saturated rings. The van der Waals surface area contributed by atoms with Gasteiger partial charge in [-0.2, -0.15) is 0 Å². The third-order valence-corrected chi connectivity index (χ3v) is 4.25. The van der Waals surface area contributed by atoms with Crippen LogP contribution in [0.5, 0.6) is 0 Å². The summed E-state index contributed by atoms with van der Waals surface area (Å²) in [6.07, 6.45) is 0. The number of benzene rings is 1. The van der Waals surface area contributed by atoms with Gasteiger partial charge in [0.1, 0.15) is 0 Å². The summed E-state index contributed by atoms with van der Waals surface area (Å²) >= 11 is 0. The second kappa shape index (κ2) is 5.86. The van der Waals surface area contributed by atoms with Crippen molar-refractivity contribution in [2.75, 3.05) is 38.1 Å². The van der Waals surface area contributed by atoms with Crippen LogP contribution in [0.1, 0.15) is 11.4 Å². The van der Waals surface area contributed by atoms with Crippen molar-refractivity contribution < 1.29 is 0 Å². The Labute approximate surface area is 127 Å². The summed E-state index contributed by atoms with van der Waals surface area (Å²) in [6, 6.07) is 13.1. The fraction of sp³-hybridized carbons (Fsp3) is 0.389. The minimum atomic E-state index is 1.08. The molecule has 0 aliphatic carbocycles. The summed E-state index contributed by atoms with van der Waals surface area (Å²) in [6.45, 7) is 8.60. The van der Waals surface area contributed by atoms with Gasteiger partial charge in [0, 0.05) is 48.8 Å². The first-order valence-electron chi connectivity index (χ1n) is 7.61. The molecule has 0 amide bonds. The molecule has 3 nitrogen and oxygen atoms in total. The molecule has 21 heavy (non-hydrogen) atoms. The zero-order valence-corrected chi connectivity index (χ0v) is 13.1. The van der Waals surface area contributed by atoms with Gasteiger partial charge in [-0.3, -0.25) is 4.98 Å². The number of pyridine rings is 1. The fourth-order valence-electron chi connectivity index (χ4n) is 2.93. The van der Waals surface area contributed by atoms with Gasteiger partial charge in [-0.25, -0.2) is 0 Å². The molecule has 0 radical (unpaired) electrons. The maximum Gasteiger partial charge on any atom is 0.0454 e. The largest absolute Gasteiger partial charge is 0.369 e. The van der Waals surface area contributed by atoms with Crippen LogP contribution in [0.25, 0.3) is 11.1 Å². The van der Waals surface area contributed by atoms with E-state index in [0.717, 1.165) is 37.6 Å². The second-order valence-electron chi connectivity index (χ2n) is 5.93. The molecule has 0 spiro atoms. The van der Waals surface area contributed by atoms with E-state index in [9.17, 15) is 0 Å². The number of aryl methyl sites for hydroxylation is 2. The Bertz CT molecular complexity index is 628. The van der Waals surface area contributed by atoms with Crippen LogP contribution in [0.15, 0.2) is 36.4 Å². The van der Waals surface area contributed by atoms with Crippen molar-refractivity contribution in [2.45, 2.75) is 13.8 Å². The van der Waals surface area contributed by atoms with E-state index in [-0.39, 0.29) is 0 Å². The monoisotopic (exact) mass is 281 g/mol. The van der Waals surface area contributed by atoms with E-state index in [0.29, 0.717) is 0 Å². The Balaban J connectivity index is 1.89. The molecule has 0 atom stereocenters. The molecule has 2 heterocycles. The van der Waals surface area contributed by atoms with Gasteiger partial charge in [-0.1, -0.05) is 18.2 Å². The van der Waals surface area contributed by atoms with E-state index in [4.69, 9.17) is 0 Å². The Morgan fingerprint density at radius 3 is 2.43 bits per heavy atom. The smallest absolute Gasteiger partial charge is 0.0454 e. The van der Waals surface area contributed by atoms with Crippen molar-refractivity contribution in [3.05, 3.63) is 47.8 Å². The Hall–Kier alpha value is -1.87. The van der Waals surface area contributed by atoms with Crippen molar-refractivity contribution in [1.29, 1.82) is 0 Å². The second-order valence-corrected chi connectivity index (χ2v) is 5.93. The fourth-order valence-corrected chi connectivity index (χ4v) is 2.93. The standard InChI is InChI=1S/C18H23N3/c1-14-7-8-18(15(2)19-14)16-5-4-6-17(13-16)21-11-9-20(3)10-12-21/h4-8,13H,9-12H2,1-3H3. The third-order valence-electron chi connectivity index (χ3n) is 4.25. The molecule has 3 heteroatoms. The van der Waals surface area contributed by atoms with E-state index in [1.807, 2.05) is 6.92 Å². The Morgan fingerprint density at radius 2 is 1.71 bits per heavy atom. The minimum absolute atomic E-state index is 1.08. The van der Waals surface area contributed by atoms with Crippen molar-refractivity contribution >= 4 is 5.69 Å². The molecule has 1 aromatic heterocycles. The molecule has 0 N–H and O–H groups in total. The lowest BCUT2D eigenvalue weighted by atomic mass is 10.0. The highest BCUT2D eigenvalue weighted by Gasteiger charge is 2.14. The number of likely N-dealkylation sites (N-methyl/N-ethyl adjacent to an activating group) is 1. The van der Waals surface area contributed by atoms with Gasteiger partial charge in [0.25, 0.3) is 0 Å². The van der Waals surface area contributed by atoms with Crippen LogP contribution in [0.3, 0.4) is 0 Å². The number of piperazine rings is 1. The summed E-state index contributed by atoms with van der Waals surface area (Å²) in [4.78, 5) is 9.44. The highest BCUT2D eigenvalue weighted by molar-refractivity contribution is 5.70. The van der Waals surface area contributed by atoms with E-state index in [2.05, 4.69) is 65.2 Å². The van der Waals surface area contributed by atoms with Crippen molar-refractivity contribution in [1.82, 2.24) is 9.88 Å². The average Bonchev–Trinajstić information content (AvgIpc) is 2.48. The number of rotatable bonds is 2. The number of nitrogens with zero attached hydrogens (tertiary/aromatic N) is 3. The van der Waals surface area contributed by atoms with Crippen LogP contribution in [-0.2, 0) is 0 Å². The molecule has 1 saturated heterocycles. The van der Waals surface area contributed by atoms with Crippen LogP contribution < -0.4 is 4.90 Å². The average molecular weight is 281 g/mol. The number of hydrogen-bond donors (Lipinski definition) is 0. The van der Waals surface area contributed by atoms with E-state index in [1.54, 1.807) is 0 Å². The summed E-state index contributed by atoms with van der Waals surface area (Å²) < 4.78 is 0. The molecule has 1 aliphatic heterocycles. The SMILES string of the molecule is Cc1ccc(-c2cccc(N3CCN(C)CC3)c2)c(C)n1. The molecule has 1 aromatic carbocycles. The lowest BCUT2D eigenvalue weighted by Crippen LogP contribution is -2.44. The van der Waals surface area contributed by atoms with Gasteiger partial charge in [-0.15, -0.1) is 0 Å². The minimum Gasteiger partial charge on any atom is -0.369 e. The molecule has 110 valence electrons. The van der Waals surface area contributed by atoms with Crippen molar-refractivity contribution in [3.8, 4) is 11.1 Å². The number of aromatic nitrogens is 1. The zero-order chi connectivity index (χ0) is 14.8. The van der Waals surface area contributed by atoms with Gasteiger partial charge < -0.3 is 9.80 Å². The van der Waals surface area contributed by atoms with Crippen molar-refractivity contribution in [3.63, 3.8) is 0 Å². The topological polar surface area (TPSA) is 19.4 Å². The molecular weight excluding hydrogens is 258 g/mol. The maximum absolute atomic E-state index is 4.58. The predicted octanol–water partition coefficient (Wildman–Crippen LogP) is 3.12. The molecule has 2 aromatic rings. The normalized spacial score (nSPS) is 16.2. The Kier molecular flexibility index (Phi) is 3.93. The first kappa shape index (κ1) is 14.1. The van der Waals surface area contributed by atoms with Crippen molar-refractivity contribution in [2.24, 2.45) is 0 Å². The lowest BCUT2D eigenvalue weighted by molar-refractivity contribution is 0.313. The number of hydrogen-bond acceptors (Lipinski definition) is 3. The van der Waals surface area contributed by atoms with Gasteiger partial charge in [0.15, 0.2) is 0 Å². The highest BCUT2D eigenvalue weighted by Crippen LogP contribution is 2.27. The first-order chi connectivity index (χ1) is 10.1. The predicted molar refractivity (Wildman–Crippen MR) is 88.9 cm³/mol. The zero-order valence-electron chi connectivity index (χ0n) is 13.1. The first-order valence-corrected chi connectivity index (χ1v) is 7.61. The summed E-state index contributed by atoms with van der Waals surface area (Å²) in [5.41, 5.74) is 5.99. The quantitative estimate of drug-likeness (QED) is 0.843. The van der Waals surface area contributed by atoms with Crippen LogP contribution in [0, 0.1) is 13.8 Å². The molecule has 3 rings (SSSR count). The molecule has 1 aliphatic rings. The van der Waals surface area contributed by atoms with E-state index < -0.39 is 0 Å². The highest BCUT2D eigenvalue weighted by atomic mass is 15.2. The lowest BCUT2D eigenvalue weighted by Gasteiger charge is -2.34. The van der Waals surface area contributed by atoms with E-state index in [1.165, 1.54) is 16.8 Å². The van der Waals surface area contributed by atoms with Crippen LogP contribution in [0.4, 0.5) is 5.69 Å². The number of anilines is 1. The third kappa shape index (κ3) is 3.08. The van der Waals surface area contributed by atoms with Gasteiger partial charge >= 0.3 is 0 Å².